The Morgan fingerprint density at radius 3 is 2.30 bits per heavy atom. The Morgan fingerprint density at radius 2 is 1.70 bits per heavy atom. The van der Waals surface area contributed by atoms with Crippen molar-refractivity contribution in [3.05, 3.63) is 41.2 Å². The molecule has 0 atom stereocenters. The van der Waals surface area contributed by atoms with Gasteiger partial charge in [-0.15, -0.1) is 0 Å². The molecule has 20 heavy (non-hydrogen) atoms. The van der Waals surface area contributed by atoms with Gasteiger partial charge in [0, 0.05) is 23.5 Å². The number of hydrogen-bond acceptors (Lipinski definition) is 5. The van der Waals surface area contributed by atoms with Gasteiger partial charge < -0.3 is 14.8 Å². The molecule has 0 saturated heterocycles. The lowest BCUT2D eigenvalue weighted by atomic mass is 10.2. The van der Waals surface area contributed by atoms with Crippen molar-refractivity contribution >= 4 is 5.95 Å². The Labute approximate surface area is 119 Å². The molecule has 1 aromatic heterocycles. The fourth-order valence-electron chi connectivity index (χ4n) is 2.00. The summed E-state index contributed by atoms with van der Waals surface area (Å²) in [6.45, 7) is 4.47. The first kappa shape index (κ1) is 14.1. The summed E-state index contributed by atoms with van der Waals surface area (Å²) >= 11 is 0. The number of benzene rings is 1. The van der Waals surface area contributed by atoms with Crippen LogP contribution in [0.5, 0.6) is 11.5 Å². The summed E-state index contributed by atoms with van der Waals surface area (Å²) in [6.07, 6.45) is 0. The second kappa shape index (κ2) is 6.23. The molecule has 0 aliphatic rings. The molecule has 2 aromatic rings. The number of nitrogens with zero attached hydrogens (tertiary/aromatic N) is 2. The number of rotatable bonds is 5. The van der Waals surface area contributed by atoms with Crippen LogP contribution in [0.2, 0.25) is 0 Å². The van der Waals surface area contributed by atoms with E-state index in [1.807, 2.05) is 38.1 Å². The topological polar surface area (TPSA) is 56.3 Å². The monoisotopic (exact) mass is 273 g/mol. The minimum Gasteiger partial charge on any atom is -0.497 e. The standard InChI is InChI=1S/C15H19N3O2/c1-10-7-11(2)18-15(17-10)16-9-12-8-13(19-3)5-6-14(12)20-4/h5-8H,9H2,1-4H3,(H,16,17,18). The van der Waals surface area contributed by atoms with Crippen LogP contribution in [0.1, 0.15) is 17.0 Å². The maximum Gasteiger partial charge on any atom is 0.223 e. The second-order valence-electron chi connectivity index (χ2n) is 4.51. The third-order valence-corrected chi connectivity index (χ3v) is 2.91. The van der Waals surface area contributed by atoms with Crippen molar-refractivity contribution < 1.29 is 9.47 Å². The first-order chi connectivity index (χ1) is 9.62. The molecule has 1 N–H and O–H groups in total. The zero-order valence-corrected chi connectivity index (χ0v) is 12.2. The first-order valence-corrected chi connectivity index (χ1v) is 6.39. The van der Waals surface area contributed by atoms with E-state index in [0.29, 0.717) is 12.5 Å². The summed E-state index contributed by atoms with van der Waals surface area (Å²) in [5.41, 5.74) is 2.88. The van der Waals surface area contributed by atoms with Gasteiger partial charge in [0.15, 0.2) is 0 Å². The third-order valence-electron chi connectivity index (χ3n) is 2.91. The maximum atomic E-state index is 5.34. The number of nitrogens with one attached hydrogen (secondary N) is 1. The Hall–Kier alpha value is -2.30. The Bertz CT molecular complexity index is 579. The molecular formula is C15H19N3O2. The predicted molar refractivity (Wildman–Crippen MR) is 78.4 cm³/mol. The number of anilines is 1. The molecule has 5 nitrogen and oxygen atoms in total. The summed E-state index contributed by atoms with van der Waals surface area (Å²) in [5, 5.41) is 3.21. The van der Waals surface area contributed by atoms with E-state index in [1.54, 1.807) is 14.2 Å². The van der Waals surface area contributed by atoms with Gasteiger partial charge in [-0.05, 0) is 38.1 Å². The molecule has 5 heteroatoms. The van der Waals surface area contributed by atoms with Gasteiger partial charge in [-0.1, -0.05) is 0 Å². The number of aromatic nitrogens is 2. The van der Waals surface area contributed by atoms with Crippen molar-refractivity contribution in [1.29, 1.82) is 0 Å². The van der Waals surface area contributed by atoms with E-state index in [2.05, 4.69) is 15.3 Å². The van der Waals surface area contributed by atoms with Crippen LogP contribution in [-0.2, 0) is 6.54 Å². The molecule has 0 bridgehead atoms. The number of aryl methyl sites for hydroxylation is 2. The van der Waals surface area contributed by atoms with Crippen LogP contribution in [0, 0.1) is 13.8 Å². The van der Waals surface area contributed by atoms with Crippen molar-refractivity contribution in [1.82, 2.24) is 9.97 Å². The highest BCUT2D eigenvalue weighted by molar-refractivity contribution is 5.42. The van der Waals surface area contributed by atoms with Crippen LogP contribution in [-0.4, -0.2) is 24.2 Å². The van der Waals surface area contributed by atoms with Gasteiger partial charge >= 0.3 is 0 Å². The smallest absolute Gasteiger partial charge is 0.223 e. The molecule has 1 heterocycles. The SMILES string of the molecule is COc1ccc(OC)c(CNc2nc(C)cc(C)n2)c1. The van der Waals surface area contributed by atoms with Crippen LogP contribution >= 0.6 is 0 Å². The normalized spacial score (nSPS) is 10.2. The highest BCUT2D eigenvalue weighted by Gasteiger charge is 2.06. The average molecular weight is 273 g/mol. The minimum atomic E-state index is 0.573. The summed E-state index contributed by atoms with van der Waals surface area (Å²) in [7, 11) is 3.30. The Kier molecular flexibility index (Phi) is 4.40. The average Bonchev–Trinajstić information content (AvgIpc) is 2.43. The Morgan fingerprint density at radius 1 is 1.00 bits per heavy atom. The van der Waals surface area contributed by atoms with Crippen molar-refractivity contribution in [3.8, 4) is 11.5 Å². The molecule has 1 aromatic carbocycles. The summed E-state index contributed by atoms with van der Waals surface area (Å²) in [6, 6.07) is 7.64. The third kappa shape index (κ3) is 3.38. The van der Waals surface area contributed by atoms with Gasteiger partial charge in [-0.2, -0.15) is 0 Å². The second-order valence-corrected chi connectivity index (χ2v) is 4.51. The molecule has 0 unspecified atom stereocenters. The van der Waals surface area contributed by atoms with Crippen molar-refractivity contribution in [2.24, 2.45) is 0 Å². The van der Waals surface area contributed by atoms with E-state index in [0.717, 1.165) is 28.5 Å². The van der Waals surface area contributed by atoms with E-state index in [4.69, 9.17) is 9.47 Å². The highest BCUT2D eigenvalue weighted by Crippen LogP contribution is 2.24. The first-order valence-electron chi connectivity index (χ1n) is 6.39. The number of methoxy groups -OCH3 is 2. The van der Waals surface area contributed by atoms with E-state index in [1.165, 1.54) is 0 Å². The van der Waals surface area contributed by atoms with Crippen LogP contribution in [0.25, 0.3) is 0 Å². The van der Waals surface area contributed by atoms with Crippen LogP contribution in [0.15, 0.2) is 24.3 Å². The highest BCUT2D eigenvalue weighted by atomic mass is 16.5. The quantitative estimate of drug-likeness (QED) is 0.907. The summed E-state index contributed by atoms with van der Waals surface area (Å²) < 4.78 is 10.6. The van der Waals surface area contributed by atoms with Gasteiger partial charge in [-0.25, -0.2) is 9.97 Å². The molecule has 0 saturated carbocycles. The largest absolute Gasteiger partial charge is 0.497 e. The molecule has 0 radical (unpaired) electrons. The maximum absolute atomic E-state index is 5.34. The zero-order chi connectivity index (χ0) is 14.5. The fraction of sp³-hybridized carbons (Fsp3) is 0.333. The molecule has 0 aliphatic heterocycles. The van der Waals surface area contributed by atoms with Crippen molar-refractivity contribution in [2.75, 3.05) is 19.5 Å². The van der Waals surface area contributed by atoms with Gasteiger partial charge in [0.1, 0.15) is 11.5 Å². The number of hydrogen-bond donors (Lipinski definition) is 1. The lowest BCUT2D eigenvalue weighted by molar-refractivity contribution is 0.399. The van der Waals surface area contributed by atoms with Gasteiger partial charge in [-0.3, -0.25) is 0 Å². The molecule has 2 rings (SSSR count). The molecule has 0 spiro atoms. The van der Waals surface area contributed by atoms with E-state index >= 15 is 0 Å². The van der Waals surface area contributed by atoms with E-state index in [9.17, 15) is 0 Å². The lowest BCUT2D eigenvalue weighted by Gasteiger charge is -2.12. The van der Waals surface area contributed by atoms with Crippen LogP contribution < -0.4 is 14.8 Å². The summed E-state index contributed by atoms with van der Waals surface area (Å²) in [4.78, 5) is 8.71. The van der Waals surface area contributed by atoms with Crippen molar-refractivity contribution in [2.45, 2.75) is 20.4 Å². The van der Waals surface area contributed by atoms with Gasteiger partial charge in [0.2, 0.25) is 5.95 Å². The van der Waals surface area contributed by atoms with Crippen LogP contribution in [0.4, 0.5) is 5.95 Å². The molecule has 0 amide bonds. The fourth-order valence-corrected chi connectivity index (χ4v) is 2.00. The molecule has 0 aliphatic carbocycles. The lowest BCUT2D eigenvalue weighted by Crippen LogP contribution is -2.06. The summed E-state index contributed by atoms with van der Waals surface area (Å²) in [5.74, 6) is 2.22. The van der Waals surface area contributed by atoms with Crippen LogP contribution in [0.3, 0.4) is 0 Å². The van der Waals surface area contributed by atoms with Crippen molar-refractivity contribution in [3.63, 3.8) is 0 Å². The number of ether oxygens (including phenoxy) is 2. The van der Waals surface area contributed by atoms with E-state index in [-0.39, 0.29) is 0 Å². The van der Waals surface area contributed by atoms with Gasteiger partial charge in [0.25, 0.3) is 0 Å². The molecule has 106 valence electrons. The molecule has 0 fully saturated rings. The Balaban J connectivity index is 2.17. The molecular weight excluding hydrogens is 254 g/mol. The van der Waals surface area contributed by atoms with Gasteiger partial charge in [0.05, 0.1) is 14.2 Å². The minimum absolute atomic E-state index is 0.573. The zero-order valence-electron chi connectivity index (χ0n) is 12.2. The predicted octanol–water partition coefficient (Wildman–Crippen LogP) is 2.72. The van der Waals surface area contributed by atoms with E-state index < -0.39 is 0 Å².